The highest BCUT2D eigenvalue weighted by atomic mass is 19.4. The summed E-state index contributed by atoms with van der Waals surface area (Å²) in [5.74, 6) is 1.32. The Labute approximate surface area is 165 Å². The van der Waals surface area contributed by atoms with Gasteiger partial charge in [0, 0.05) is 32.1 Å². The minimum absolute atomic E-state index is 0.246. The Kier molecular flexibility index (Phi) is 6.53. The molecule has 1 aromatic rings. The molecule has 0 bridgehead atoms. The number of piperidine rings is 1. The number of nitrogens with one attached hydrogen (secondary N) is 2. The van der Waals surface area contributed by atoms with E-state index >= 15 is 0 Å². The number of aliphatic imine (C=N–C) groups is 1. The highest BCUT2D eigenvalue weighted by Crippen LogP contribution is 2.44. The van der Waals surface area contributed by atoms with Crippen LogP contribution in [-0.4, -0.2) is 51.1 Å². The van der Waals surface area contributed by atoms with Gasteiger partial charge in [-0.1, -0.05) is 24.6 Å². The van der Waals surface area contributed by atoms with Gasteiger partial charge in [-0.25, -0.2) is 0 Å². The minimum atomic E-state index is -4.31. The van der Waals surface area contributed by atoms with Crippen molar-refractivity contribution in [2.45, 2.75) is 43.7 Å². The zero-order valence-corrected chi connectivity index (χ0v) is 16.8. The van der Waals surface area contributed by atoms with Gasteiger partial charge in [0.2, 0.25) is 0 Å². The van der Waals surface area contributed by atoms with Crippen molar-refractivity contribution < 1.29 is 13.2 Å². The molecule has 0 radical (unpaired) electrons. The molecule has 0 spiro atoms. The van der Waals surface area contributed by atoms with Crippen molar-refractivity contribution in [3.8, 4) is 0 Å². The molecular formula is C21H31F3N4. The summed E-state index contributed by atoms with van der Waals surface area (Å²) in [5.41, 5.74) is -0.0464. The predicted octanol–water partition coefficient (Wildman–Crippen LogP) is 3.63. The molecule has 7 heteroatoms. The molecule has 2 aliphatic rings. The molecule has 1 aromatic carbocycles. The van der Waals surface area contributed by atoms with Crippen LogP contribution in [0.2, 0.25) is 0 Å². The molecule has 1 saturated heterocycles. The second kappa shape index (κ2) is 8.72. The number of likely N-dealkylation sites (tertiary alicyclic amines) is 1. The maximum Gasteiger partial charge on any atom is 0.416 e. The van der Waals surface area contributed by atoms with Crippen LogP contribution >= 0.6 is 0 Å². The van der Waals surface area contributed by atoms with Crippen LogP contribution in [0.1, 0.15) is 43.2 Å². The molecule has 0 amide bonds. The smallest absolute Gasteiger partial charge is 0.356 e. The lowest BCUT2D eigenvalue weighted by molar-refractivity contribution is -0.137. The third kappa shape index (κ3) is 4.99. The highest BCUT2D eigenvalue weighted by molar-refractivity contribution is 5.79. The van der Waals surface area contributed by atoms with Gasteiger partial charge in [0.25, 0.3) is 0 Å². The lowest BCUT2D eigenvalue weighted by Gasteiger charge is -2.43. The molecule has 156 valence electrons. The van der Waals surface area contributed by atoms with Gasteiger partial charge in [-0.2, -0.15) is 13.2 Å². The van der Waals surface area contributed by atoms with E-state index in [1.165, 1.54) is 25.0 Å². The van der Waals surface area contributed by atoms with Gasteiger partial charge >= 0.3 is 6.18 Å². The molecule has 1 aliphatic carbocycles. The van der Waals surface area contributed by atoms with Crippen molar-refractivity contribution in [3.05, 3.63) is 35.4 Å². The SMILES string of the molecule is CN=C(NCC1CCCN(C)C1)NCC1(c2cccc(C(F)(F)F)c2)CCC1. The average Bonchev–Trinajstić information content (AvgIpc) is 2.63. The van der Waals surface area contributed by atoms with Crippen LogP contribution in [-0.2, 0) is 11.6 Å². The molecule has 3 rings (SSSR count). The lowest BCUT2D eigenvalue weighted by Crippen LogP contribution is -2.50. The molecule has 1 saturated carbocycles. The number of guanidine groups is 1. The maximum absolute atomic E-state index is 13.1. The van der Waals surface area contributed by atoms with E-state index in [9.17, 15) is 13.2 Å². The fourth-order valence-corrected chi connectivity index (χ4v) is 4.35. The fourth-order valence-electron chi connectivity index (χ4n) is 4.35. The highest BCUT2D eigenvalue weighted by Gasteiger charge is 2.40. The Bertz CT molecular complexity index is 682. The van der Waals surface area contributed by atoms with E-state index < -0.39 is 11.7 Å². The average molecular weight is 397 g/mol. The van der Waals surface area contributed by atoms with Crippen molar-refractivity contribution in [1.29, 1.82) is 0 Å². The summed E-state index contributed by atoms with van der Waals surface area (Å²) in [6.07, 6.45) is 0.949. The molecule has 28 heavy (non-hydrogen) atoms. The quantitative estimate of drug-likeness (QED) is 0.590. The maximum atomic E-state index is 13.1. The largest absolute Gasteiger partial charge is 0.416 e. The molecule has 2 N–H and O–H groups in total. The lowest BCUT2D eigenvalue weighted by atomic mass is 9.64. The summed E-state index contributed by atoms with van der Waals surface area (Å²) < 4.78 is 39.3. The molecule has 1 aliphatic heterocycles. The number of nitrogens with zero attached hydrogens (tertiary/aromatic N) is 2. The van der Waals surface area contributed by atoms with Crippen LogP contribution in [0.5, 0.6) is 0 Å². The number of halogens is 3. The molecule has 2 fully saturated rings. The van der Waals surface area contributed by atoms with E-state index in [0.29, 0.717) is 12.5 Å². The van der Waals surface area contributed by atoms with Crippen molar-refractivity contribution in [3.63, 3.8) is 0 Å². The second-order valence-electron chi connectivity index (χ2n) is 8.29. The van der Waals surface area contributed by atoms with Crippen molar-refractivity contribution >= 4 is 5.96 Å². The van der Waals surface area contributed by atoms with Gasteiger partial charge in [-0.3, -0.25) is 4.99 Å². The molecule has 1 unspecified atom stereocenters. The van der Waals surface area contributed by atoms with Crippen LogP contribution in [0.15, 0.2) is 29.3 Å². The number of alkyl halides is 3. The van der Waals surface area contributed by atoms with E-state index in [1.807, 2.05) is 6.07 Å². The molecule has 1 atom stereocenters. The standard InChI is InChI=1S/C21H31F3N4/c1-25-19(26-13-16-6-4-11-28(2)14-16)27-15-20(9-5-10-20)17-7-3-8-18(12-17)21(22,23)24/h3,7-8,12,16H,4-6,9-11,13-15H2,1-2H3,(H2,25,26,27). The first-order valence-corrected chi connectivity index (χ1v) is 10.1. The van der Waals surface area contributed by atoms with E-state index in [4.69, 9.17) is 0 Å². The fraction of sp³-hybridized carbons (Fsp3) is 0.667. The van der Waals surface area contributed by atoms with Gasteiger partial charge in [0.1, 0.15) is 0 Å². The molecular weight excluding hydrogens is 365 g/mol. The Morgan fingerprint density at radius 1 is 1.25 bits per heavy atom. The van der Waals surface area contributed by atoms with Gasteiger partial charge < -0.3 is 15.5 Å². The number of benzene rings is 1. The normalized spacial score (nSPS) is 23.2. The number of hydrogen-bond donors (Lipinski definition) is 2. The van der Waals surface area contributed by atoms with Crippen molar-refractivity contribution in [2.24, 2.45) is 10.9 Å². The minimum Gasteiger partial charge on any atom is -0.356 e. The summed E-state index contributed by atoms with van der Waals surface area (Å²) in [6, 6.07) is 5.80. The van der Waals surface area contributed by atoms with Gasteiger partial charge in [0.05, 0.1) is 5.56 Å². The van der Waals surface area contributed by atoms with Gasteiger partial charge in [-0.05, 0) is 56.8 Å². The number of rotatable bonds is 5. The van der Waals surface area contributed by atoms with E-state index in [0.717, 1.165) is 56.5 Å². The van der Waals surface area contributed by atoms with Crippen LogP contribution in [0.4, 0.5) is 13.2 Å². The van der Waals surface area contributed by atoms with Gasteiger partial charge in [-0.15, -0.1) is 0 Å². The van der Waals surface area contributed by atoms with Crippen LogP contribution in [0.25, 0.3) is 0 Å². The van der Waals surface area contributed by atoms with Crippen molar-refractivity contribution in [1.82, 2.24) is 15.5 Å². The van der Waals surface area contributed by atoms with Crippen molar-refractivity contribution in [2.75, 3.05) is 40.3 Å². The first kappa shape index (κ1) is 21.0. The summed E-state index contributed by atoms with van der Waals surface area (Å²) >= 11 is 0. The Morgan fingerprint density at radius 3 is 2.64 bits per heavy atom. The zero-order chi connectivity index (χ0) is 20.2. The second-order valence-corrected chi connectivity index (χ2v) is 8.29. The summed E-state index contributed by atoms with van der Waals surface area (Å²) in [6.45, 7) is 3.69. The first-order valence-electron chi connectivity index (χ1n) is 10.1. The molecule has 1 heterocycles. The Morgan fingerprint density at radius 2 is 2.04 bits per heavy atom. The monoisotopic (exact) mass is 396 g/mol. The Balaban J connectivity index is 1.59. The number of hydrogen-bond acceptors (Lipinski definition) is 2. The Hall–Kier alpha value is -1.76. The van der Waals surface area contributed by atoms with E-state index in [1.54, 1.807) is 7.05 Å². The summed E-state index contributed by atoms with van der Waals surface area (Å²) in [7, 11) is 3.88. The summed E-state index contributed by atoms with van der Waals surface area (Å²) in [5, 5.41) is 6.76. The molecule has 0 aromatic heterocycles. The van der Waals surface area contributed by atoms with Crippen LogP contribution < -0.4 is 10.6 Å². The third-order valence-corrected chi connectivity index (χ3v) is 6.21. The topological polar surface area (TPSA) is 39.7 Å². The third-order valence-electron chi connectivity index (χ3n) is 6.21. The summed E-state index contributed by atoms with van der Waals surface area (Å²) in [4.78, 5) is 6.65. The van der Waals surface area contributed by atoms with E-state index in [-0.39, 0.29) is 5.41 Å². The zero-order valence-electron chi connectivity index (χ0n) is 16.8. The predicted molar refractivity (Wildman–Crippen MR) is 107 cm³/mol. The van der Waals surface area contributed by atoms with E-state index in [2.05, 4.69) is 27.6 Å². The van der Waals surface area contributed by atoms with Crippen LogP contribution in [0, 0.1) is 5.92 Å². The van der Waals surface area contributed by atoms with Crippen LogP contribution in [0.3, 0.4) is 0 Å². The van der Waals surface area contributed by atoms with Gasteiger partial charge in [0.15, 0.2) is 5.96 Å². The first-order chi connectivity index (χ1) is 13.3. The molecule has 4 nitrogen and oxygen atoms in total.